The molecule has 2 aliphatic rings. The number of sulfone groups is 1. The molecule has 0 aromatic heterocycles. The van der Waals surface area contributed by atoms with Crippen molar-refractivity contribution in [2.45, 2.75) is 38.4 Å². The molecule has 1 unspecified atom stereocenters. The molecule has 3 rings (SSSR count). The monoisotopic (exact) mass is 323 g/mol. The Labute approximate surface area is 131 Å². The van der Waals surface area contributed by atoms with Crippen molar-refractivity contribution in [3.63, 3.8) is 0 Å². The summed E-state index contributed by atoms with van der Waals surface area (Å²) in [6.07, 6.45) is 1.53. The van der Waals surface area contributed by atoms with E-state index in [0.29, 0.717) is 6.42 Å². The molecule has 3 atom stereocenters. The third kappa shape index (κ3) is 3.33. The summed E-state index contributed by atoms with van der Waals surface area (Å²) in [6, 6.07) is 8.01. The fourth-order valence-corrected chi connectivity index (χ4v) is 5.07. The van der Waals surface area contributed by atoms with E-state index < -0.39 is 9.84 Å². The van der Waals surface area contributed by atoms with E-state index in [0.717, 1.165) is 19.5 Å². The summed E-state index contributed by atoms with van der Waals surface area (Å²) in [5, 5.41) is 2.92. The first kappa shape index (κ1) is 15.5. The van der Waals surface area contributed by atoms with Gasteiger partial charge in [0.2, 0.25) is 0 Å². The second-order valence-corrected chi connectivity index (χ2v) is 8.66. The summed E-state index contributed by atoms with van der Waals surface area (Å²) in [6.45, 7) is 3.73. The molecule has 2 aliphatic heterocycles. The van der Waals surface area contributed by atoms with Gasteiger partial charge in [0.15, 0.2) is 15.9 Å². The Morgan fingerprint density at radius 1 is 1.32 bits per heavy atom. The lowest BCUT2D eigenvalue weighted by molar-refractivity contribution is -0.929. The first-order chi connectivity index (χ1) is 10.4. The van der Waals surface area contributed by atoms with Gasteiger partial charge in [-0.1, -0.05) is 24.3 Å². The Balaban J connectivity index is 1.60. The number of hydrogen-bond donors (Lipinski definition) is 2. The highest BCUT2D eigenvalue weighted by Crippen LogP contribution is 2.12. The predicted octanol–water partition coefficient (Wildman–Crippen LogP) is -0.681. The molecule has 1 saturated heterocycles. The van der Waals surface area contributed by atoms with Crippen molar-refractivity contribution in [1.29, 1.82) is 0 Å². The van der Waals surface area contributed by atoms with Crippen LogP contribution in [0.25, 0.3) is 0 Å². The van der Waals surface area contributed by atoms with E-state index in [-0.39, 0.29) is 29.5 Å². The molecule has 2 N–H and O–H groups in total. The van der Waals surface area contributed by atoms with Crippen LogP contribution in [0.5, 0.6) is 0 Å². The zero-order valence-corrected chi connectivity index (χ0v) is 13.7. The molecule has 5 nitrogen and oxygen atoms in total. The van der Waals surface area contributed by atoms with Crippen LogP contribution < -0.4 is 10.2 Å². The third-order valence-electron chi connectivity index (χ3n) is 4.84. The van der Waals surface area contributed by atoms with Gasteiger partial charge in [-0.05, 0) is 18.9 Å². The second-order valence-electron chi connectivity index (χ2n) is 6.43. The lowest BCUT2D eigenvalue weighted by Gasteiger charge is -2.30. The van der Waals surface area contributed by atoms with Crippen molar-refractivity contribution in [1.82, 2.24) is 5.32 Å². The minimum atomic E-state index is -2.95. The van der Waals surface area contributed by atoms with E-state index in [2.05, 4.69) is 23.5 Å². The molecule has 2 heterocycles. The fraction of sp³-hybridized carbons (Fsp3) is 0.562. The number of rotatable bonds is 3. The Bertz CT molecular complexity index is 672. The molecule has 1 aromatic rings. The molecule has 1 aromatic carbocycles. The Kier molecular flexibility index (Phi) is 4.23. The summed E-state index contributed by atoms with van der Waals surface area (Å²) in [5.74, 6) is 0.247. The number of hydrogen-bond acceptors (Lipinski definition) is 3. The van der Waals surface area contributed by atoms with E-state index in [1.807, 2.05) is 13.0 Å². The minimum Gasteiger partial charge on any atom is -0.347 e. The van der Waals surface area contributed by atoms with Crippen LogP contribution in [-0.4, -0.2) is 44.5 Å². The van der Waals surface area contributed by atoms with Crippen LogP contribution in [0.3, 0.4) is 0 Å². The van der Waals surface area contributed by atoms with E-state index in [4.69, 9.17) is 0 Å². The lowest BCUT2D eigenvalue weighted by atomic mass is 9.98. The Hall–Kier alpha value is -1.40. The molecule has 0 spiro atoms. The summed E-state index contributed by atoms with van der Waals surface area (Å²) >= 11 is 0. The largest absolute Gasteiger partial charge is 0.347 e. The van der Waals surface area contributed by atoms with Gasteiger partial charge >= 0.3 is 0 Å². The van der Waals surface area contributed by atoms with E-state index in [1.54, 1.807) is 0 Å². The molecule has 0 bridgehead atoms. The number of carbonyl (C=O) groups excluding carboxylic acids is 1. The standard InChI is InChI=1S/C16H22N2O3S/c1-12(16(19)17-15-7-9-22(20,21)11-15)18-8-6-13-4-2-3-5-14(13)10-18/h2-5,12,15H,6-11H2,1H3,(H,17,19)/p+1/t12-,15-/m0/s1. The highest BCUT2D eigenvalue weighted by molar-refractivity contribution is 7.91. The van der Waals surface area contributed by atoms with E-state index in [9.17, 15) is 13.2 Å². The quantitative estimate of drug-likeness (QED) is 0.774. The van der Waals surface area contributed by atoms with Crippen LogP contribution in [-0.2, 0) is 27.6 Å². The van der Waals surface area contributed by atoms with Crippen molar-refractivity contribution >= 4 is 15.7 Å². The summed E-state index contributed by atoms with van der Waals surface area (Å²) in [4.78, 5) is 13.6. The van der Waals surface area contributed by atoms with Gasteiger partial charge in [-0.15, -0.1) is 0 Å². The van der Waals surface area contributed by atoms with Gasteiger partial charge in [0.1, 0.15) is 6.54 Å². The maximum atomic E-state index is 12.4. The number of carbonyl (C=O) groups is 1. The maximum absolute atomic E-state index is 12.4. The normalized spacial score (nSPS) is 27.9. The van der Waals surface area contributed by atoms with Crippen LogP contribution in [0.15, 0.2) is 24.3 Å². The molecule has 6 heteroatoms. The molecule has 1 fully saturated rings. The van der Waals surface area contributed by atoms with Crippen molar-refractivity contribution in [3.05, 3.63) is 35.4 Å². The molecular weight excluding hydrogens is 300 g/mol. The first-order valence-electron chi connectivity index (χ1n) is 7.87. The number of benzene rings is 1. The van der Waals surface area contributed by atoms with Gasteiger partial charge in [0, 0.05) is 18.0 Å². The second kappa shape index (κ2) is 6.01. The van der Waals surface area contributed by atoms with Crippen molar-refractivity contribution in [2.75, 3.05) is 18.1 Å². The maximum Gasteiger partial charge on any atom is 0.278 e. The summed E-state index contributed by atoms with van der Waals surface area (Å²) < 4.78 is 22.9. The highest BCUT2D eigenvalue weighted by atomic mass is 32.2. The number of amides is 1. The number of fused-ring (bicyclic) bond motifs is 1. The fourth-order valence-electron chi connectivity index (χ4n) is 3.39. The number of quaternary nitrogens is 1. The zero-order valence-electron chi connectivity index (χ0n) is 12.8. The molecule has 0 radical (unpaired) electrons. The van der Waals surface area contributed by atoms with Gasteiger partial charge < -0.3 is 10.2 Å². The molecular formula is C16H23N2O3S+. The van der Waals surface area contributed by atoms with Gasteiger partial charge in [-0.25, -0.2) is 8.42 Å². The molecule has 0 saturated carbocycles. The van der Waals surface area contributed by atoms with Gasteiger partial charge in [-0.3, -0.25) is 4.79 Å². The van der Waals surface area contributed by atoms with Crippen molar-refractivity contribution < 1.29 is 18.1 Å². The Morgan fingerprint density at radius 2 is 2.05 bits per heavy atom. The number of nitrogens with one attached hydrogen (secondary N) is 2. The summed E-state index contributed by atoms with van der Waals surface area (Å²) in [5.41, 5.74) is 2.69. The zero-order chi connectivity index (χ0) is 15.7. The molecule has 120 valence electrons. The SMILES string of the molecule is C[C@@H](C(=O)N[C@H]1CCS(=O)(=O)C1)[NH+]1CCc2ccccc2C1. The molecule has 0 aliphatic carbocycles. The molecule has 1 amide bonds. The van der Waals surface area contributed by atoms with E-state index in [1.165, 1.54) is 16.0 Å². The van der Waals surface area contributed by atoms with Crippen LogP contribution in [0.1, 0.15) is 24.5 Å². The topological polar surface area (TPSA) is 67.7 Å². The lowest BCUT2D eigenvalue weighted by Crippen LogP contribution is -3.16. The van der Waals surface area contributed by atoms with Crippen molar-refractivity contribution in [2.24, 2.45) is 0 Å². The molecule has 22 heavy (non-hydrogen) atoms. The Morgan fingerprint density at radius 3 is 2.73 bits per heavy atom. The van der Waals surface area contributed by atoms with E-state index >= 15 is 0 Å². The average molecular weight is 323 g/mol. The van der Waals surface area contributed by atoms with Crippen LogP contribution in [0.2, 0.25) is 0 Å². The third-order valence-corrected chi connectivity index (χ3v) is 6.60. The average Bonchev–Trinajstić information content (AvgIpc) is 2.84. The van der Waals surface area contributed by atoms with Crippen LogP contribution in [0.4, 0.5) is 0 Å². The van der Waals surface area contributed by atoms with Crippen LogP contribution in [0, 0.1) is 0 Å². The van der Waals surface area contributed by atoms with Gasteiger partial charge in [-0.2, -0.15) is 0 Å². The van der Waals surface area contributed by atoms with Gasteiger partial charge in [0.25, 0.3) is 5.91 Å². The highest BCUT2D eigenvalue weighted by Gasteiger charge is 2.33. The van der Waals surface area contributed by atoms with Crippen LogP contribution >= 0.6 is 0 Å². The predicted molar refractivity (Wildman–Crippen MR) is 84.3 cm³/mol. The first-order valence-corrected chi connectivity index (χ1v) is 9.69. The smallest absolute Gasteiger partial charge is 0.278 e. The summed E-state index contributed by atoms with van der Waals surface area (Å²) in [7, 11) is -2.95. The van der Waals surface area contributed by atoms with Crippen molar-refractivity contribution in [3.8, 4) is 0 Å². The van der Waals surface area contributed by atoms with Gasteiger partial charge in [0.05, 0.1) is 18.1 Å². The minimum absolute atomic E-state index is 0.0310.